The van der Waals surface area contributed by atoms with Crippen molar-refractivity contribution in [1.29, 1.82) is 0 Å². The van der Waals surface area contributed by atoms with Crippen LogP contribution in [0.3, 0.4) is 0 Å². The highest BCUT2D eigenvalue weighted by molar-refractivity contribution is 6.09. The summed E-state index contributed by atoms with van der Waals surface area (Å²) < 4.78 is 8.30. The van der Waals surface area contributed by atoms with Gasteiger partial charge in [0.25, 0.3) is 0 Å². The highest BCUT2D eigenvalue weighted by Gasteiger charge is 2.13. The van der Waals surface area contributed by atoms with E-state index in [1.165, 1.54) is 21.8 Å². The molecule has 6 aromatic rings. The van der Waals surface area contributed by atoms with Crippen molar-refractivity contribution in [3.63, 3.8) is 0 Å². The molecule has 0 fully saturated rings. The molecule has 0 amide bonds. The Morgan fingerprint density at radius 2 is 1.34 bits per heavy atom. The van der Waals surface area contributed by atoms with E-state index in [2.05, 4.69) is 90.4 Å². The van der Waals surface area contributed by atoms with Gasteiger partial charge in [-0.05, 0) is 55.0 Å². The zero-order valence-corrected chi connectivity index (χ0v) is 16.0. The molecular weight excluding hydrogens is 356 g/mol. The average Bonchev–Trinajstić information content (AvgIpc) is 3.34. The van der Waals surface area contributed by atoms with Crippen molar-refractivity contribution in [2.24, 2.45) is 0 Å². The van der Waals surface area contributed by atoms with Gasteiger partial charge in [-0.15, -0.1) is 0 Å². The molecule has 3 heteroatoms. The van der Waals surface area contributed by atoms with Crippen LogP contribution in [0.1, 0.15) is 5.56 Å². The van der Waals surface area contributed by atoms with Gasteiger partial charge in [0.15, 0.2) is 5.58 Å². The topological polar surface area (TPSA) is 31.0 Å². The van der Waals surface area contributed by atoms with Crippen LogP contribution in [-0.4, -0.2) is 9.55 Å². The highest BCUT2D eigenvalue weighted by Crippen LogP contribution is 2.33. The molecule has 0 N–H and O–H groups in total. The summed E-state index contributed by atoms with van der Waals surface area (Å²) >= 11 is 0. The van der Waals surface area contributed by atoms with Crippen LogP contribution >= 0.6 is 0 Å². The minimum Gasteiger partial charge on any atom is -0.436 e. The van der Waals surface area contributed by atoms with Gasteiger partial charge in [0, 0.05) is 22.0 Å². The number of nitrogens with zero attached hydrogens (tertiary/aromatic N) is 2. The molecule has 0 bridgehead atoms. The standard InChI is InChI=1S/C26H18N2O/c1-17-7-6-12-24-25(17)27-26(29-24)18-13-15-19(16-14-18)28-22-10-4-2-8-20(22)21-9-3-5-11-23(21)28/h2-16H,1H3. The van der Waals surface area contributed by atoms with Gasteiger partial charge < -0.3 is 8.98 Å². The molecule has 0 aliphatic rings. The van der Waals surface area contributed by atoms with E-state index in [1.54, 1.807) is 0 Å². The number of aryl methyl sites for hydroxylation is 1. The zero-order chi connectivity index (χ0) is 19.4. The lowest BCUT2D eigenvalue weighted by Gasteiger charge is -2.08. The Bertz CT molecular complexity index is 1450. The number of aromatic nitrogens is 2. The average molecular weight is 374 g/mol. The summed E-state index contributed by atoms with van der Waals surface area (Å²) in [5, 5.41) is 2.53. The van der Waals surface area contributed by atoms with Crippen molar-refractivity contribution in [3.05, 3.63) is 96.6 Å². The van der Waals surface area contributed by atoms with Crippen molar-refractivity contribution in [3.8, 4) is 17.1 Å². The third-order valence-electron chi connectivity index (χ3n) is 5.57. The van der Waals surface area contributed by atoms with Crippen LogP contribution in [0.5, 0.6) is 0 Å². The second-order valence-electron chi connectivity index (χ2n) is 7.36. The molecule has 3 nitrogen and oxygen atoms in total. The Labute approximate surface area is 167 Å². The molecule has 29 heavy (non-hydrogen) atoms. The van der Waals surface area contributed by atoms with Gasteiger partial charge >= 0.3 is 0 Å². The van der Waals surface area contributed by atoms with E-state index >= 15 is 0 Å². The zero-order valence-electron chi connectivity index (χ0n) is 16.0. The lowest BCUT2D eigenvalue weighted by atomic mass is 10.2. The number of oxazole rings is 1. The lowest BCUT2D eigenvalue weighted by Crippen LogP contribution is -1.93. The maximum Gasteiger partial charge on any atom is 0.227 e. The van der Waals surface area contributed by atoms with Crippen LogP contribution in [0.15, 0.2) is 95.4 Å². The molecule has 0 aliphatic carbocycles. The third kappa shape index (κ3) is 2.41. The van der Waals surface area contributed by atoms with E-state index in [4.69, 9.17) is 9.40 Å². The number of fused-ring (bicyclic) bond motifs is 4. The fourth-order valence-corrected chi connectivity index (χ4v) is 4.16. The van der Waals surface area contributed by atoms with Crippen LogP contribution < -0.4 is 0 Å². The summed E-state index contributed by atoms with van der Waals surface area (Å²) in [6.07, 6.45) is 0. The van der Waals surface area contributed by atoms with Gasteiger partial charge in [-0.3, -0.25) is 0 Å². The normalized spacial score (nSPS) is 11.6. The summed E-state index contributed by atoms with van der Waals surface area (Å²) in [7, 11) is 0. The van der Waals surface area contributed by atoms with E-state index in [9.17, 15) is 0 Å². The molecule has 0 aliphatic heterocycles. The maximum atomic E-state index is 5.99. The Balaban J connectivity index is 1.51. The highest BCUT2D eigenvalue weighted by atomic mass is 16.3. The number of benzene rings is 4. The van der Waals surface area contributed by atoms with Gasteiger partial charge in [0.05, 0.1) is 11.0 Å². The quantitative estimate of drug-likeness (QED) is 0.330. The Kier molecular flexibility index (Phi) is 3.38. The van der Waals surface area contributed by atoms with E-state index in [-0.39, 0.29) is 0 Å². The number of para-hydroxylation sites is 3. The molecule has 0 spiro atoms. The van der Waals surface area contributed by atoms with E-state index < -0.39 is 0 Å². The van der Waals surface area contributed by atoms with Crippen molar-refractivity contribution < 1.29 is 4.42 Å². The van der Waals surface area contributed by atoms with Crippen LogP contribution in [0, 0.1) is 6.92 Å². The second-order valence-corrected chi connectivity index (χ2v) is 7.36. The molecule has 0 unspecified atom stereocenters. The van der Waals surface area contributed by atoms with E-state index in [0.29, 0.717) is 5.89 Å². The molecule has 138 valence electrons. The first-order valence-electron chi connectivity index (χ1n) is 9.75. The van der Waals surface area contributed by atoms with Gasteiger partial charge in [-0.1, -0.05) is 48.5 Å². The molecular formula is C26H18N2O. The van der Waals surface area contributed by atoms with Gasteiger partial charge in [-0.2, -0.15) is 0 Å². The van der Waals surface area contributed by atoms with Crippen molar-refractivity contribution >= 4 is 32.9 Å². The van der Waals surface area contributed by atoms with E-state index in [1.807, 2.05) is 12.1 Å². The largest absolute Gasteiger partial charge is 0.436 e. The van der Waals surface area contributed by atoms with Crippen LogP contribution in [0.25, 0.3) is 50.0 Å². The summed E-state index contributed by atoms with van der Waals surface area (Å²) in [4.78, 5) is 4.70. The molecule has 2 heterocycles. The second kappa shape index (κ2) is 6.08. The van der Waals surface area contributed by atoms with Crippen molar-refractivity contribution in [1.82, 2.24) is 9.55 Å². The Morgan fingerprint density at radius 1 is 0.690 bits per heavy atom. The predicted molar refractivity (Wildman–Crippen MR) is 119 cm³/mol. The summed E-state index contributed by atoms with van der Waals surface area (Å²) in [6.45, 7) is 2.06. The van der Waals surface area contributed by atoms with Crippen LogP contribution in [0.2, 0.25) is 0 Å². The molecule has 2 aromatic heterocycles. The van der Waals surface area contributed by atoms with Gasteiger partial charge in [-0.25, -0.2) is 4.98 Å². The Morgan fingerprint density at radius 3 is 2.00 bits per heavy atom. The lowest BCUT2D eigenvalue weighted by molar-refractivity contribution is 0.620. The maximum absolute atomic E-state index is 5.99. The van der Waals surface area contributed by atoms with Gasteiger partial charge in [0.2, 0.25) is 5.89 Å². The first-order valence-corrected chi connectivity index (χ1v) is 9.75. The number of hydrogen-bond acceptors (Lipinski definition) is 2. The monoisotopic (exact) mass is 374 g/mol. The molecule has 0 saturated carbocycles. The molecule has 4 aromatic carbocycles. The van der Waals surface area contributed by atoms with Gasteiger partial charge in [0.1, 0.15) is 5.52 Å². The smallest absolute Gasteiger partial charge is 0.227 e. The minimum atomic E-state index is 0.656. The molecule has 0 atom stereocenters. The summed E-state index contributed by atoms with van der Waals surface area (Å²) in [6, 6.07) is 31.5. The fourth-order valence-electron chi connectivity index (χ4n) is 4.16. The fraction of sp³-hybridized carbons (Fsp3) is 0.0385. The van der Waals surface area contributed by atoms with Crippen molar-refractivity contribution in [2.75, 3.05) is 0 Å². The Hall–Kier alpha value is -3.85. The first-order chi connectivity index (χ1) is 14.3. The van der Waals surface area contributed by atoms with Crippen molar-refractivity contribution in [2.45, 2.75) is 6.92 Å². The van der Waals surface area contributed by atoms with Crippen LogP contribution in [0.4, 0.5) is 0 Å². The molecule has 6 rings (SSSR count). The third-order valence-corrected chi connectivity index (χ3v) is 5.57. The predicted octanol–water partition coefficient (Wildman–Crippen LogP) is 6.90. The molecule has 0 radical (unpaired) electrons. The number of hydrogen-bond donors (Lipinski definition) is 0. The minimum absolute atomic E-state index is 0.656. The first kappa shape index (κ1) is 16.1. The van der Waals surface area contributed by atoms with E-state index in [0.717, 1.165) is 27.9 Å². The molecule has 0 saturated heterocycles. The van der Waals surface area contributed by atoms with Crippen LogP contribution in [-0.2, 0) is 0 Å². The summed E-state index contributed by atoms with van der Waals surface area (Å²) in [5.41, 5.74) is 7.39. The SMILES string of the molecule is Cc1cccc2oc(-c3ccc(-n4c5ccccc5c5ccccc54)cc3)nc12. The number of rotatable bonds is 2. The summed E-state index contributed by atoms with van der Waals surface area (Å²) in [5.74, 6) is 0.656.